The molecular formula is C24H24N2O3. The highest BCUT2D eigenvalue weighted by Crippen LogP contribution is 2.28. The van der Waals surface area contributed by atoms with Gasteiger partial charge in [-0.1, -0.05) is 42.5 Å². The van der Waals surface area contributed by atoms with Crippen molar-refractivity contribution in [1.82, 2.24) is 5.32 Å². The molecule has 1 aliphatic rings. The third-order valence-corrected chi connectivity index (χ3v) is 5.49. The highest BCUT2D eigenvalue weighted by molar-refractivity contribution is 6.00. The molecular weight excluding hydrogens is 364 g/mol. The van der Waals surface area contributed by atoms with Crippen molar-refractivity contribution in [1.29, 1.82) is 0 Å². The van der Waals surface area contributed by atoms with Crippen molar-refractivity contribution < 1.29 is 14.3 Å². The number of fused-ring (bicyclic) bond motifs is 1. The molecule has 0 spiro atoms. The molecule has 5 heteroatoms. The smallest absolute Gasteiger partial charge is 0.227 e. The van der Waals surface area contributed by atoms with Crippen molar-refractivity contribution in [3.8, 4) is 5.75 Å². The molecule has 1 aliphatic heterocycles. The van der Waals surface area contributed by atoms with E-state index < -0.39 is 0 Å². The van der Waals surface area contributed by atoms with Crippen LogP contribution in [-0.4, -0.2) is 25.5 Å². The first-order valence-electron chi connectivity index (χ1n) is 9.78. The number of carbonyl (C=O) groups is 2. The largest absolute Gasteiger partial charge is 0.497 e. The van der Waals surface area contributed by atoms with Crippen molar-refractivity contribution in [3.05, 3.63) is 72.3 Å². The number of rotatable bonds is 5. The third kappa shape index (κ3) is 3.94. The first-order chi connectivity index (χ1) is 14.0. The number of benzene rings is 3. The van der Waals surface area contributed by atoms with Gasteiger partial charge in [-0.15, -0.1) is 0 Å². The summed E-state index contributed by atoms with van der Waals surface area (Å²) >= 11 is 0. The fourth-order valence-corrected chi connectivity index (χ4v) is 3.80. The third-order valence-electron chi connectivity index (χ3n) is 5.49. The Morgan fingerprint density at radius 3 is 2.66 bits per heavy atom. The first-order valence-corrected chi connectivity index (χ1v) is 9.78. The van der Waals surface area contributed by atoms with E-state index >= 15 is 0 Å². The molecule has 1 fully saturated rings. The van der Waals surface area contributed by atoms with Crippen LogP contribution in [-0.2, 0) is 9.59 Å². The standard InChI is InChI=1S/C24H24N2O3/c1-16(18-11-10-17-6-3-4-7-19(17)12-18)25-24(28)20-13-23(27)26(15-20)21-8-5-9-22(14-21)29-2/h3-12,14,16,20H,13,15H2,1-2H3,(H,25,28)/t16-,20-/m1/s1. The molecule has 0 bridgehead atoms. The summed E-state index contributed by atoms with van der Waals surface area (Å²) in [6.07, 6.45) is 0.216. The van der Waals surface area contributed by atoms with Crippen LogP contribution in [0.2, 0.25) is 0 Å². The Balaban J connectivity index is 1.44. The molecule has 0 aliphatic carbocycles. The van der Waals surface area contributed by atoms with Crippen LogP contribution in [0.5, 0.6) is 5.75 Å². The van der Waals surface area contributed by atoms with Crippen LogP contribution in [0.15, 0.2) is 66.7 Å². The van der Waals surface area contributed by atoms with Crippen molar-refractivity contribution >= 4 is 28.3 Å². The normalized spacial score (nSPS) is 17.4. The van der Waals surface area contributed by atoms with Crippen LogP contribution in [0.1, 0.15) is 24.9 Å². The van der Waals surface area contributed by atoms with Gasteiger partial charge < -0.3 is 15.0 Å². The van der Waals surface area contributed by atoms with Gasteiger partial charge in [0.05, 0.1) is 19.1 Å². The Kier molecular flexibility index (Phi) is 5.21. The van der Waals surface area contributed by atoms with E-state index in [2.05, 4.69) is 29.6 Å². The van der Waals surface area contributed by atoms with Crippen molar-refractivity contribution in [2.75, 3.05) is 18.6 Å². The quantitative estimate of drug-likeness (QED) is 0.717. The number of hydrogen-bond donors (Lipinski definition) is 1. The van der Waals surface area contributed by atoms with Crippen molar-refractivity contribution in [3.63, 3.8) is 0 Å². The first kappa shape index (κ1) is 19.0. The number of hydrogen-bond acceptors (Lipinski definition) is 3. The minimum Gasteiger partial charge on any atom is -0.497 e. The Bertz CT molecular complexity index is 1060. The fourth-order valence-electron chi connectivity index (χ4n) is 3.80. The Hall–Kier alpha value is -3.34. The lowest BCUT2D eigenvalue weighted by molar-refractivity contribution is -0.126. The van der Waals surface area contributed by atoms with Gasteiger partial charge in [-0.2, -0.15) is 0 Å². The Labute approximate surface area is 170 Å². The molecule has 3 aromatic carbocycles. The minimum atomic E-state index is -0.364. The number of nitrogens with zero attached hydrogens (tertiary/aromatic N) is 1. The molecule has 4 rings (SSSR count). The zero-order chi connectivity index (χ0) is 20.4. The van der Waals surface area contributed by atoms with Crippen LogP contribution < -0.4 is 15.0 Å². The van der Waals surface area contributed by atoms with Gasteiger partial charge in [0.25, 0.3) is 0 Å². The van der Waals surface area contributed by atoms with E-state index in [1.807, 2.05) is 49.4 Å². The van der Waals surface area contributed by atoms with Crippen LogP contribution in [0.25, 0.3) is 10.8 Å². The van der Waals surface area contributed by atoms with Gasteiger partial charge in [-0.05, 0) is 41.5 Å². The lowest BCUT2D eigenvalue weighted by Gasteiger charge is -2.19. The monoisotopic (exact) mass is 388 g/mol. The van der Waals surface area contributed by atoms with E-state index in [9.17, 15) is 9.59 Å². The number of amides is 2. The summed E-state index contributed by atoms with van der Waals surface area (Å²) in [6.45, 7) is 2.35. The zero-order valence-electron chi connectivity index (χ0n) is 16.6. The van der Waals surface area contributed by atoms with E-state index in [-0.39, 0.29) is 30.2 Å². The van der Waals surface area contributed by atoms with Gasteiger partial charge in [0, 0.05) is 24.7 Å². The number of methoxy groups -OCH3 is 1. The van der Waals surface area contributed by atoms with Gasteiger partial charge in [-0.25, -0.2) is 0 Å². The summed E-state index contributed by atoms with van der Waals surface area (Å²) in [7, 11) is 1.59. The lowest BCUT2D eigenvalue weighted by Crippen LogP contribution is -2.34. The summed E-state index contributed by atoms with van der Waals surface area (Å²) in [6, 6.07) is 21.6. The second kappa shape index (κ2) is 7.95. The van der Waals surface area contributed by atoms with Crippen LogP contribution in [0.4, 0.5) is 5.69 Å². The maximum atomic E-state index is 12.8. The lowest BCUT2D eigenvalue weighted by atomic mass is 10.0. The molecule has 2 amide bonds. The molecule has 0 saturated carbocycles. The van der Waals surface area contributed by atoms with E-state index in [1.165, 1.54) is 5.39 Å². The average molecular weight is 388 g/mol. The van der Waals surface area contributed by atoms with Crippen LogP contribution in [0, 0.1) is 5.92 Å². The van der Waals surface area contributed by atoms with Crippen molar-refractivity contribution in [2.45, 2.75) is 19.4 Å². The van der Waals surface area contributed by atoms with E-state index in [1.54, 1.807) is 12.0 Å². The Morgan fingerprint density at radius 1 is 1.07 bits per heavy atom. The topological polar surface area (TPSA) is 58.6 Å². The molecule has 5 nitrogen and oxygen atoms in total. The maximum Gasteiger partial charge on any atom is 0.227 e. The van der Waals surface area contributed by atoms with Gasteiger partial charge in [-0.3, -0.25) is 9.59 Å². The van der Waals surface area contributed by atoms with E-state index in [4.69, 9.17) is 4.74 Å². The van der Waals surface area contributed by atoms with E-state index in [0.29, 0.717) is 12.3 Å². The predicted molar refractivity (Wildman–Crippen MR) is 114 cm³/mol. The fraction of sp³-hybridized carbons (Fsp3) is 0.250. The molecule has 2 atom stereocenters. The van der Waals surface area contributed by atoms with Gasteiger partial charge in [0.1, 0.15) is 5.75 Å². The highest BCUT2D eigenvalue weighted by Gasteiger charge is 2.35. The van der Waals surface area contributed by atoms with Crippen LogP contribution in [0.3, 0.4) is 0 Å². The molecule has 3 aromatic rings. The summed E-state index contributed by atoms with van der Waals surface area (Å²) in [5, 5.41) is 5.39. The number of carbonyl (C=O) groups excluding carboxylic acids is 2. The summed E-state index contributed by atoms with van der Waals surface area (Å²) in [4.78, 5) is 27.0. The molecule has 0 aromatic heterocycles. The SMILES string of the molecule is COc1cccc(N2C[C@H](C(=O)N[C@H](C)c3ccc4ccccc4c3)CC2=O)c1. The van der Waals surface area contributed by atoms with Crippen molar-refractivity contribution in [2.24, 2.45) is 5.92 Å². The number of anilines is 1. The van der Waals surface area contributed by atoms with Gasteiger partial charge in [0.2, 0.25) is 11.8 Å². The second-order valence-corrected chi connectivity index (χ2v) is 7.44. The van der Waals surface area contributed by atoms with Crippen LogP contribution >= 0.6 is 0 Å². The molecule has 0 radical (unpaired) electrons. The molecule has 0 unspecified atom stereocenters. The minimum absolute atomic E-state index is 0.0447. The summed E-state index contributed by atoms with van der Waals surface area (Å²) < 4.78 is 5.24. The molecule has 29 heavy (non-hydrogen) atoms. The van der Waals surface area contributed by atoms with Gasteiger partial charge in [0.15, 0.2) is 0 Å². The van der Waals surface area contributed by atoms with Gasteiger partial charge >= 0.3 is 0 Å². The Morgan fingerprint density at radius 2 is 1.86 bits per heavy atom. The van der Waals surface area contributed by atoms with E-state index in [0.717, 1.165) is 16.6 Å². The average Bonchev–Trinajstić information content (AvgIpc) is 3.15. The highest BCUT2D eigenvalue weighted by atomic mass is 16.5. The molecule has 1 heterocycles. The molecule has 148 valence electrons. The summed E-state index contributed by atoms with van der Waals surface area (Å²) in [5.41, 5.74) is 1.80. The second-order valence-electron chi connectivity index (χ2n) is 7.44. The predicted octanol–water partition coefficient (Wildman–Crippen LogP) is 4.08. The molecule has 1 N–H and O–H groups in total. The zero-order valence-corrected chi connectivity index (χ0v) is 16.6. The summed E-state index contributed by atoms with van der Waals surface area (Å²) in [5.74, 6) is 0.186. The number of nitrogens with one attached hydrogen (secondary N) is 1. The molecule has 1 saturated heterocycles. The number of ether oxygens (including phenoxy) is 1. The maximum absolute atomic E-state index is 12.8.